The number of aryl methyl sites for hydroxylation is 2. The van der Waals surface area contributed by atoms with Gasteiger partial charge in [0.25, 0.3) is 0 Å². The summed E-state index contributed by atoms with van der Waals surface area (Å²) in [6.07, 6.45) is 6.53. The van der Waals surface area contributed by atoms with Crippen molar-refractivity contribution in [2.75, 3.05) is 25.5 Å². The second kappa shape index (κ2) is 10.2. The number of carbonyl (C=O) groups is 2. The van der Waals surface area contributed by atoms with E-state index in [0.717, 1.165) is 59.4 Å². The molecule has 7 heteroatoms. The number of aromatic nitrogens is 1. The SMILES string of the molecule is CCN(CC)[C@@H]1CCc2cc(/C=C/C(=O)N(C)Cc3c(C)oc4ccccc34)cnc2NC1=O. The third-order valence-electron chi connectivity index (χ3n) is 6.56. The molecule has 0 aliphatic carbocycles. The predicted molar refractivity (Wildman–Crippen MR) is 134 cm³/mol. The molecule has 1 aliphatic heterocycles. The summed E-state index contributed by atoms with van der Waals surface area (Å²) in [7, 11) is 1.78. The molecular formula is C27H32N4O3. The van der Waals surface area contributed by atoms with Gasteiger partial charge in [-0.05, 0) is 62.2 Å². The number of pyridine rings is 1. The summed E-state index contributed by atoms with van der Waals surface area (Å²) in [5, 5.41) is 4.01. The Kier molecular flexibility index (Phi) is 7.12. The Morgan fingerprint density at radius 1 is 1.26 bits per heavy atom. The van der Waals surface area contributed by atoms with Crippen molar-refractivity contribution in [3.8, 4) is 0 Å². The van der Waals surface area contributed by atoms with E-state index in [4.69, 9.17) is 4.42 Å². The van der Waals surface area contributed by atoms with E-state index in [1.54, 1.807) is 30.3 Å². The Hall–Kier alpha value is -3.45. The molecule has 0 unspecified atom stereocenters. The minimum absolute atomic E-state index is 0.00268. The number of para-hydroxylation sites is 1. The minimum atomic E-state index is -0.152. The summed E-state index contributed by atoms with van der Waals surface area (Å²) >= 11 is 0. The van der Waals surface area contributed by atoms with Gasteiger partial charge < -0.3 is 14.6 Å². The van der Waals surface area contributed by atoms with Crippen LogP contribution >= 0.6 is 0 Å². The first-order chi connectivity index (χ1) is 16.4. The normalized spacial score (nSPS) is 16.0. The van der Waals surface area contributed by atoms with Gasteiger partial charge in [-0.3, -0.25) is 14.5 Å². The maximum absolute atomic E-state index is 12.8. The predicted octanol–water partition coefficient (Wildman–Crippen LogP) is 4.40. The molecule has 34 heavy (non-hydrogen) atoms. The van der Waals surface area contributed by atoms with Crippen molar-refractivity contribution < 1.29 is 14.0 Å². The monoisotopic (exact) mass is 460 g/mol. The summed E-state index contributed by atoms with van der Waals surface area (Å²) in [5.74, 6) is 1.33. The van der Waals surface area contributed by atoms with Crippen molar-refractivity contribution in [2.24, 2.45) is 0 Å². The quantitative estimate of drug-likeness (QED) is 0.529. The number of amides is 2. The van der Waals surface area contributed by atoms with Crippen LogP contribution < -0.4 is 5.32 Å². The van der Waals surface area contributed by atoms with Gasteiger partial charge in [0.2, 0.25) is 11.8 Å². The third-order valence-corrected chi connectivity index (χ3v) is 6.56. The molecule has 7 nitrogen and oxygen atoms in total. The average Bonchev–Trinajstić information content (AvgIpc) is 3.05. The maximum Gasteiger partial charge on any atom is 0.246 e. The smallest absolute Gasteiger partial charge is 0.246 e. The number of hydrogen-bond donors (Lipinski definition) is 1. The molecule has 1 aliphatic rings. The topological polar surface area (TPSA) is 78.7 Å². The molecule has 0 saturated carbocycles. The van der Waals surface area contributed by atoms with Crippen LogP contribution in [0.1, 0.15) is 42.7 Å². The summed E-state index contributed by atoms with van der Waals surface area (Å²) in [5.41, 5.74) is 3.68. The highest BCUT2D eigenvalue weighted by Crippen LogP contribution is 2.27. The highest BCUT2D eigenvalue weighted by atomic mass is 16.3. The number of fused-ring (bicyclic) bond motifs is 2. The fraction of sp³-hybridized carbons (Fsp3) is 0.370. The Morgan fingerprint density at radius 2 is 2.03 bits per heavy atom. The highest BCUT2D eigenvalue weighted by Gasteiger charge is 2.28. The standard InChI is InChI=1S/C27H32N4O3/c1-5-31(6-2)23-13-12-20-15-19(16-28-26(20)29-27(23)33)11-14-25(32)30(4)17-22-18(3)34-24-10-8-7-9-21(22)24/h7-11,14-16,23H,5-6,12-13,17H2,1-4H3,(H,28,29,33)/b14-11+/t23-/m1/s1. The first-order valence-electron chi connectivity index (χ1n) is 11.8. The second-order valence-corrected chi connectivity index (χ2v) is 8.70. The molecule has 0 spiro atoms. The Bertz CT molecular complexity index is 1230. The van der Waals surface area contributed by atoms with Crippen molar-refractivity contribution in [3.63, 3.8) is 0 Å². The molecule has 1 N–H and O–H groups in total. The Labute approximate surface area is 200 Å². The molecule has 1 atom stereocenters. The molecule has 3 aromatic rings. The molecule has 2 amide bonds. The second-order valence-electron chi connectivity index (χ2n) is 8.70. The zero-order valence-electron chi connectivity index (χ0n) is 20.3. The molecule has 0 bridgehead atoms. The van der Waals surface area contributed by atoms with Crippen LogP contribution in [0.3, 0.4) is 0 Å². The van der Waals surface area contributed by atoms with E-state index < -0.39 is 0 Å². The Morgan fingerprint density at radius 3 is 2.79 bits per heavy atom. The lowest BCUT2D eigenvalue weighted by molar-refractivity contribution is -0.125. The van der Waals surface area contributed by atoms with E-state index in [1.165, 1.54) is 0 Å². The van der Waals surface area contributed by atoms with Gasteiger partial charge in [-0.25, -0.2) is 4.98 Å². The number of rotatable bonds is 7. The van der Waals surface area contributed by atoms with Crippen LogP contribution in [-0.2, 0) is 22.6 Å². The van der Waals surface area contributed by atoms with Gasteiger partial charge in [0.1, 0.15) is 17.2 Å². The van der Waals surface area contributed by atoms with Crippen molar-refractivity contribution in [2.45, 2.75) is 46.2 Å². The third kappa shape index (κ3) is 4.89. The van der Waals surface area contributed by atoms with E-state index in [1.807, 2.05) is 37.3 Å². The molecule has 4 rings (SSSR count). The van der Waals surface area contributed by atoms with Crippen molar-refractivity contribution in [1.29, 1.82) is 0 Å². The van der Waals surface area contributed by atoms with Crippen LogP contribution in [0.2, 0.25) is 0 Å². The fourth-order valence-electron chi connectivity index (χ4n) is 4.59. The molecule has 0 radical (unpaired) electrons. The highest BCUT2D eigenvalue weighted by molar-refractivity contribution is 5.96. The molecular weight excluding hydrogens is 428 g/mol. The fourth-order valence-corrected chi connectivity index (χ4v) is 4.59. The molecule has 2 aromatic heterocycles. The zero-order chi connectivity index (χ0) is 24.2. The van der Waals surface area contributed by atoms with Crippen LogP contribution in [0.25, 0.3) is 17.0 Å². The lowest BCUT2D eigenvalue weighted by atomic mass is 10.0. The number of nitrogens with zero attached hydrogens (tertiary/aromatic N) is 3. The number of nitrogens with one attached hydrogen (secondary N) is 1. The van der Waals surface area contributed by atoms with Crippen molar-refractivity contribution in [3.05, 3.63) is 65.1 Å². The van der Waals surface area contributed by atoms with Crippen molar-refractivity contribution >= 4 is 34.7 Å². The first-order valence-corrected chi connectivity index (χ1v) is 11.8. The summed E-state index contributed by atoms with van der Waals surface area (Å²) in [6, 6.07) is 9.72. The molecule has 0 saturated heterocycles. The molecule has 1 aromatic carbocycles. The van der Waals surface area contributed by atoms with Crippen LogP contribution in [-0.4, -0.2) is 52.8 Å². The van der Waals surface area contributed by atoms with E-state index in [0.29, 0.717) is 12.4 Å². The number of anilines is 1. The van der Waals surface area contributed by atoms with Crippen LogP contribution in [0.15, 0.2) is 47.0 Å². The average molecular weight is 461 g/mol. The molecule has 3 heterocycles. The lowest BCUT2D eigenvalue weighted by Crippen LogP contribution is -2.43. The van der Waals surface area contributed by atoms with E-state index in [2.05, 4.69) is 29.0 Å². The zero-order valence-corrected chi connectivity index (χ0v) is 20.3. The molecule has 0 fully saturated rings. The van der Waals surface area contributed by atoms with Crippen LogP contribution in [0, 0.1) is 6.92 Å². The van der Waals surface area contributed by atoms with Gasteiger partial charge in [0.15, 0.2) is 0 Å². The summed E-state index contributed by atoms with van der Waals surface area (Å²) in [4.78, 5) is 33.8. The summed E-state index contributed by atoms with van der Waals surface area (Å²) < 4.78 is 5.82. The van der Waals surface area contributed by atoms with E-state index >= 15 is 0 Å². The van der Waals surface area contributed by atoms with Gasteiger partial charge in [0.05, 0.1) is 6.04 Å². The van der Waals surface area contributed by atoms with Gasteiger partial charge in [0, 0.05) is 36.8 Å². The number of likely N-dealkylation sites (N-methyl/N-ethyl adjacent to an activating group) is 2. The maximum atomic E-state index is 12.8. The van der Waals surface area contributed by atoms with Gasteiger partial charge in [-0.1, -0.05) is 32.0 Å². The van der Waals surface area contributed by atoms with Crippen LogP contribution in [0.4, 0.5) is 5.82 Å². The number of hydrogen-bond acceptors (Lipinski definition) is 5. The largest absolute Gasteiger partial charge is 0.461 e. The van der Waals surface area contributed by atoms with E-state index in [-0.39, 0.29) is 17.9 Å². The van der Waals surface area contributed by atoms with E-state index in [9.17, 15) is 9.59 Å². The number of carbonyl (C=O) groups excluding carboxylic acids is 2. The minimum Gasteiger partial charge on any atom is -0.461 e. The Balaban J connectivity index is 1.45. The van der Waals surface area contributed by atoms with Crippen LogP contribution in [0.5, 0.6) is 0 Å². The molecule has 178 valence electrons. The summed E-state index contributed by atoms with van der Waals surface area (Å²) in [6.45, 7) is 8.19. The lowest BCUT2D eigenvalue weighted by Gasteiger charge is -2.26. The van der Waals surface area contributed by atoms with Gasteiger partial charge in [-0.15, -0.1) is 0 Å². The first kappa shape index (κ1) is 23.7. The van der Waals surface area contributed by atoms with Gasteiger partial charge in [-0.2, -0.15) is 0 Å². The van der Waals surface area contributed by atoms with Gasteiger partial charge >= 0.3 is 0 Å². The number of furan rings is 1. The number of benzene rings is 1. The van der Waals surface area contributed by atoms with Crippen molar-refractivity contribution in [1.82, 2.24) is 14.8 Å².